The first-order valence-electron chi connectivity index (χ1n) is 9.93. The van der Waals surface area contributed by atoms with Crippen LogP contribution in [0.1, 0.15) is 20.9 Å². The van der Waals surface area contributed by atoms with Gasteiger partial charge < -0.3 is 5.32 Å². The summed E-state index contributed by atoms with van der Waals surface area (Å²) in [6.07, 6.45) is 1.66. The van der Waals surface area contributed by atoms with E-state index >= 15 is 0 Å². The van der Waals surface area contributed by atoms with Crippen molar-refractivity contribution in [3.05, 3.63) is 91.6 Å². The molecular formula is C23H19N5O3S. The Bertz CT molecular complexity index is 1640. The third-order valence-electron chi connectivity index (χ3n) is 5.55. The van der Waals surface area contributed by atoms with Gasteiger partial charge in [0.15, 0.2) is 0 Å². The summed E-state index contributed by atoms with van der Waals surface area (Å²) in [6, 6.07) is 14.4. The molecule has 4 aromatic heterocycles. The third kappa shape index (κ3) is 2.97. The molecule has 32 heavy (non-hydrogen) atoms. The van der Waals surface area contributed by atoms with E-state index in [1.807, 2.05) is 43.3 Å². The van der Waals surface area contributed by atoms with E-state index in [4.69, 9.17) is 0 Å². The Morgan fingerprint density at radius 2 is 1.78 bits per heavy atom. The van der Waals surface area contributed by atoms with E-state index in [9.17, 15) is 14.4 Å². The normalized spacial score (nSPS) is 11.3. The predicted octanol–water partition coefficient (Wildman–Crippen LogP) is 3.27. The second-order valence-corrected chi connectivity index (χ2v) is 8.55. The van der Waals surface area contributed by atoms with Crippen LogP contribution in [0.25, 0.3) is 21.6 Å². The van der Waals surface area contributed by atoms with Crippen LogP contribution in [0.2, 0.25) is 0 Å². The van der Waals surface area contributed by atoms with Gasteiger partial charge in [-0.25, -0.2) is 9.67 Å². The minimum Gasteiger partial charge on any atom is -0.315 e. The van der Waals surface area contributed by atoms with Crippen LogP contribution < -0.4 is 16.4 Å². The molecule has 0 aliphatic carbocycles. The number of fused-ring (bicyclic) bond motifs is 2. The molecule has 0 bridgehead atoms. The fourth-order valence-corrected chi connectivity index (χ4v) is 4.67. The number of nitrogens with one attached hydrogen (secondary N) is 1. The molecule has 8 nitrogen and oxygen atoms in total. The summed E-state index contributed by atoms with van der Waals surface area (Å²) in [7, 11) is 1.76. The number of carbonyl (C=O) groups is 1. The van der Waals surface area contributed by atoms with Gasteiger partial charge in [0.25, 0.3) is 17.0 Å². The first-order chi connectivity index (χ1) is 15.4. The highest BCUT2D eigenvalue weighted by atomic mass is 32.1. The second-order valence-electron chi connectivity index (χ2n) is 7.52. The summed E-state index contributed by atoms with van der Waals surface area (Å²) < 4.78 is 4.67. The van der Waals surface area contributed by atoms with E-state index in [0.29, 0.717) is 32.1 Å². The lowest BCUT2D eigenvalue weighted by molar-refractivity contribution is 0.103. The summed E-state index contributed by atoms with van der Waals surface area (Å²) in [6.45, 7) is 3.65. The average Bonchev–Trinajstić information content (AvgIpc) is 3.31. The summed E-state index contributed by atoms with van der Waals surface area (Å²) >= 11 is 1.13. The molecule has 0 atom stereocenters. The standard InChI is InChI=1S/C23H19N5O3S/c1-13-8-7-11-27-19(13)25-21-16(22(27)30)12-17(32-21)20(29)24-18-14(2)26(3)28(23(18)31)15-9-5-4-6-10-15/h4-12H,1-3H3,(H,24,29). The van der Waals surface area contributed by atoms with Gasteiger partial charge in [-0.15, -0.1) is 11.3 Å². The first-order valence-corrected chi connectivity index (χ1v) is 10.8. The maximum atomic E-state index is 13.1. The second kappa shape index (κ2) is 7.31. The number of aryl methyl sites for hydroxylation is 1. The van der Waals surface area contributed by atoms with Crippen molar-refractivity contribution in [2.75, 3.05) is 5.32 Å². The molecule has 160 valence electrons. The number of carbonyl (C=O) groups excluding carboxylic acids is 1. The number of hydrogen-bond donors (Lipinski definition) is 1. The SMILES string of the molecule is Cc1cccn2c(=O)c3cc(C(=O)Nc4c(C)n(C)n(-c5ccccc5)c4=O)sc3nc12. The zero-order chi connectivity index (χ0) is 22.6. The minimum absolute atomic E-state index is 0.199. The zero-order valence-corrected chi connectivity index (χ0v) is 18.4. The molecule has 0 aliphatic heterocycles. The fourth-order valence-electron chi connectivity index (χ4n) is 3.76. The molecule has 0 unspecified atom stereocenters. The Hall–Kier alpha value is -3.98. The van der Waals surface area contributed by atoms with Crippen LogP contribution in [-0.4, -0.2) is 24.7 Å². The maximum absolute atomic E-state index is 13.1. The molecule has 0 aliphatic rings. The molecule has 0 saturated heterocycles. The molecule has 0 radical (unpaired) electrons. The highest BCUT2D eigenvalue weighted by molar-refractivity contribution is 7.20. The molecule has 1 N–H and O–H groups in total. The lowest BCUT2D eigenvalue weighted by atomic mass is 10.3. The van der Waals surface area contributed by atoms with Crippen molar-refractivity contribution < 1.29 is 4.79 Å². The fraction of sp³-hybridized carbons (Fsp3) is 0.130. The Kier molecular flexibility index (Phi) is 4.56. The zero-order valence-electron chi connectivity index (χ0n) is 17.6. The molecule has 1 amide bonds. The number of hydrogen-bond acceptors (Lipinski definition) is 5. The Labute approximate surface area is 186 Å². The summed E-state index contributed by atoms with van der Waals surface area (Å²) in [4.78, 5) is 44.3. The van der Waals surface area contributed by atoms with Crippen molar-refractivity contribution in [2.24, 2.45) is 7.05 Å². The van der Waals surface area contributed by atoms with Crippen LogP contribution in [0.15, 0.2) is 64.3 Å². The molecule has 9 heteroatoms. The minimum atomic E-state index is -0.454. The van der Waals surface area contributed by atoms with Gasteiger partial charge in [-0.1, -0.05) is 24.3 Å². The number of thiophene rings is 1. The molecule has 0 saturated carbocycles. The Balaban J connectivity index is 1.57. The molecule has 4 heterocycles. The van der Waals surface area contributed by atoms with E-state index in [2.05, 4.69) is 10.3 Å². The number of pyridine rings is 1. The highest BCUT2D eigenvalue weighted by Crippen LogP contribution is 2.24. The maximum Gasteiger partial charge on any atom is 0.295 e. The van der Waals surface area contributed by atoms with Crippen molar-refractivity contribution in [1.29, 1.82) is 0 Å². The average molecular weight is 446 g/mol. The number of amides is 1. The number of nitrogens with zero attached hydrogens (tertiary/aromatic N) is 4. The van der Waals surface area contributed by atoms with Crippen LogP contribution in [0.5, 0.6) is 0 Å². The molecule has 5 rings (SSSR count). The van der Waals surface area contributed by atoms with Crippen LogP contribution in [0, 0.1) is 13.8 Å². The lowest BCUT2D eigenvalue weighted by Crippen LogP contribution is -2.22. The molecular weight excluding hydrogens is 426 g/mol. The number of aromatic nitrogens is 4. The van der Waals surface area contributed by atoms with Gasteiger partial charge in [0.05, 0.1) is 21.6 Å². The van der Waals surface area contributed by atoms with Gasteiger partial charge in [0.1, 0.15) is 16.2 Å². The number of benzene rings is 1. The van der Waals surface area contributed by atoms with Crippen molar-refractivity contribution >= 4 is 38.8 Å². The van der Waals surface area contributed by atoms with Crippen LogP contribution in [0.3, 0.4) is 0 Å². The number of rotatable bonds is 3. The van der Waals surface area contributed by atoms with Gasteiger partial charge >= 0.3 is 0 Å². The third-order valence-corrected chi connectivity index (χ3v) is 6.58. The van der Waals surface area contributed by atoms with Crippen molar-refractivity contribution in [3.8, 4) is 5.69 Å². The van der Waals surface area contributed by atoms with E-state index in [1.165, 1.54) is 15.1 Å². The van der Waals surface area contributed by atoms with Gasteiger partial charge in [0, 0.05) is 13.2 Å². The van der Waals surface area contributed by atoms with Gasteiger partial charge in [-0.2, -0.15) is 0 Å². The first kappa shape index (κ1) is 20.0. The monoisotopic (exact) mass is 445 g/mol. The van der Waals surface area contributed by atoms with Crippen LogP contribution in [-0.2, 0) is 7.05 Å². The van der Waals surface area contributed by atoms with E-state index < -0.39 is 5.91 Å². The van der Waals surface area contributed by atoms with E-state index in [-0.39, 0.29) is 16.8 Å². The summed E-state index contributed by atoms with van der Waals surface area (Å²) in [5.41, 5.74) is 2.38. The topological polar surface area (TPSA) is 90.4 Å². The molecule has 5 aromatic rings. The predicted molar refractivity (Wildman–Crippen MR) is 125 cm³/mol. The lowest BCUT2D eigenvalue weighted by Gasteiger charge is -2.07. The van der Waals surface area contributed by atoms with Crippen molar-refractivity contribution in [2.45, 2.75) is 13.8 Å². The van der Waals surface area contributed by atoms with E-state index in [1.54, 1.807) is 30.9 Å². The number of para-hydroxylation sites is 1. The van der Waals surface area contributed by atoms with Crippen molar-refractivity contribution in [1.82, 2.24) is 18.7 Å². The van der Waals surface area contributed by atoms with Gasteiger partial charge in [-0.05, 0) is 43.7 Å². The molecule has 0 fully saturated rings. The van der Waals surface area contributed by atoms with E-state index in [0.717, 1.165) is 16.9 Å². The highest BCUT2D eigenvalue weighted by Gasteiger charge is 2.21. The van der Waals surface area contributed by atoms with Crippen LogP contribution in [0.4, 0.5) is 5.69 Å². The van der Waals surface area contributed by atoms with Crippen LogP contribution >= 0.6 is 11.3 Å². The Morgan fingerprint density at radius 3 is 2.53 bits per heavy atom. The summed E-state index contributed by atoms with van der Waals surface area (Å²) in [5.74, 6) is -0.454. The largest absolute Gasteiger partial charge is 0.315 e. The summed E-state index contributed by atoms with van der Waals surface area (Å²) in [5, 5.41) is 3.11. The Morgan fingerprint density at radius 1 is 1.03 bits per heavy atom. The molecule has 1 aromatic carbocycles. The van der Waals surface area contributed by atoms with Gasteiger partial charge in [-0.3, -0.25) is 23.5 Å². The molecule has 0 spiro atoms. The quantitative estimate of drug-likeness (QED) is 0.462. The number of anilines is 1. The van der Waals surface area contributed by atoms with Gasteiger partial charge in [0.2, 0.25) is 0 Å². The smallest absolute Gasteiger partial charge is 0.295 e. The van der Waals surface area contributed by atoms with Crippen molar-refractivity contribution in [3.63, 3.8) is 0 Å².